The number of ether oxygens (including phenoxy) is 2. The van der Waals surface area contributed by atoms with E-state index in [2.05, 4.69) is 10.4 Å². The molecule has 2 aromatic carbocycles. The van der Waals surface area contributed by atoms with E-state index in [1.807, 2.05) is 30.3 Å². The van der Waals surface area contributed by atoms with E-state index in [-0.39, 0.29) is 18.7 Å². The van der Waals surface area contributed by atoms with Gasteiger partial charge in [-0.3, -0.25) is 14.4 Å². The molecule has 2 amide bonds. The number of benzene rings is 2. The van der Waals surface area contributed by atoms with Crippen molar-refractivity contribution < 1.29 is 23.9 Å². The second-order valence-corrected chi connectivity index (χ2v) is 6.62. The minimum Gasteiger partial charge on any atom is -0.497 e. The van der Waals surface area contributed by atoms with Crippen LogP contribution in [0.25, 0.3) is 0 Å². The van der Waals surface area contributed by atoms with E-state index in [0.29, 0.717) is 24.4 Å². The third-order valence-corrected chi connectivity index (χ3v) is 4.46. The van der Waals surface area contributed by atoms with Crippen LogP contribution in [0.3, 0.4) is 0 Å². The zero-order valence-electron chi connectivity index (χ0n) is 16.7. The molecule has 156 valence electrons. The summed E-state index contributed by atoms with van der Waals surface area (Å²) in [4.78, 5) is 36.1. The first-order valence-electron chi connectivity index (χ1n) is 9.58. The minimum absolute atomic E-state index is 0.0259. The first kappa shape index (κ1) is 21.0. The molecule has 0 bridgehead atoms. The summed E-state index contributed by atoms with van der Waals surface area (Å²) in [6.45, 7) is 0.0608. The monoisotopic (exact) mass is 409 g/mol. The fourth-order valence-corrected chi connectivity index (χ4v) is 2.92. The Bertz CT molecular complexity index is 943. The summed E-state index contributed by atoms with van der Waals surface area (Å²) in [6.07, 6.45) is 0.532. The molecule has 1 N–H and O–H groups in total. The zero-order chi connectivity index (χ0) is 21.3. The second kappa shape index (κ2) is 10.2. The molecule has 1 aliphatic heterocycles. The van der Waals surface area contributed by atoms with Crippen LogP contribution in [-0.4, -0.2) is 48.8 Å². The lowest BCUT2D eigenvalue weighted by molar-refractivity contribution is -0.148. The third-order valence-electron chi connectivity index (χ3n) is 4.46. The molecule has 0 radical (unpaired) electrons. The van der Waals surface area contributed by atoms with Crippen molar-refractivity contribution in [2.24, 2.45) is 5.10 Å². The molecule has 8 heteroatoms. The Morgan fingerprint density at radius 1 is 1.07 bits per heavy atom. The average Bonchev–Trinajstić information content (AvgIpc) is 3.27. The van der Waals surface area contributed by atoms with Crippen LogP contribution >= 0.6 is 0 Å². The van der Waals surface area contributed by atoms with E-state index in [0.717, 1.165) is 11.3 Å². The van der Waals surface area contributed by atoms with E-state index < -0.39 is 18.5 Å². The number of esters is 1. The molecule has 8 nitrogen and oxygen atoms in total. The van der Waals surface area contributed by atoms with Gasteiger partial charge in [-0.25, -0.2) is 5.01 Å². The number of amides is 2. The molecule has 0 aliphatic carbocycles. The summed E-state index contributed by atoms with van der Waals surface area (Å²) in [6, 6.07) is 16.5. The van der Waals surface area contributed by atoms with Crippen LogP contribution in [0.1, 0.15) is 24.8 Å². The molecule has 0 atom stereocenters. The van der Waals surface area contributed by atoms with Gasteiger partial charge >= 0.3 is 5.97 Å². The number of carbonyl (C=O) groups excluding carboxylic acids is 3. The van der Waals surface area contributed by atoms with Crippen molar-refractivity contribution in [2.45, 2.75) is 19.3 Å². The highest BCUT2D eigenvalue weighted by atomic mass is 16.5. The molecular weight excluding hydrogens is 386 g/mol. The number of nitrogens with zero attached hydrogens (tertiary/aromatic N) is 2. The zero-order valence-corrected chi connectivity index (χ0v) is 16.7. The Morgan fingerprint density at radius 3 is 2.63 bits per heavy atom. The maximum Gasteiger partial charge on any atom is 0.306 e. The van der Waals surface area contributed by atoms with Crippen molar-refractivity contribution in [1.82, 2.24) is 5.01 Å². The predicted molar refractivity (Wildman–Crippen MR) is 111 cm³/mol. The first-order valence-corrected chi connectivity index (χ1v) is 9.58. The summed E-state index contributed by atoms with van der Waals surface area (Å²) >= 11 is 0. The van der Waals surface area contributed by atoms with Crippen molar-refractivity contribution in [3.63, 3.8) is 0 Å². The number of carbonyl (C=O) groups is 3. The van der Waals surface area contributed by atoms with Crippen LogP contribution in [0.2, 0.25) is 0 Å². The molecule has 0 fully saturated rings. The molecule has 2 aromatic rings. The fourth-order valence-electron chi connectivity index (χ4n) is 2.92. The van der Waals surface area contributed by atoms with Gasteiger partial charge in [-0.05, 0) is 17.7 Å². The lowest BCUT2D eigenvalue weighted by atomic mass is 10.1. The van der Waals surface area contributed by atoms with Crippen molar-refractivity contribution in [2.75, 3.05) is 25.6 Å². The van der Waals surface area contributed by atoms with Gasteiger partial charge < -0.3 is 14.8 Å². The van der Waals surface area contributed by atoms with Crippen LogP contribution < -0.4 is 10.1 Å². The Hall–Kier alpha value is -3.68. The van der Waals surface area contributed by atoms with Crippen molar-refractivity contribution >= 4 is 29.2 Å². The summed E-state index contributed by atoms with van der Waals surface area (Å²) in [5.41, 5.74) is 2.36. The van der Waals surface area contributed by atoms with E-state index in [1.54, 1.807) is 24.3 Å². The third kappa shape index (κ3) is 5.91. The Labute approximate surface area is 174 Å². The number of rotatable bonds is 8. The summed E-state index contributed by atoms with van der Waals surface area (Å²) in [5.74, 6) is -0.739. The summed E-state index contributed by atoms with van der Waals surface area (Å²) in [5, 5.41) is 8.34. The standard InChI is InChI=1S/C22H23N3O5/c1-29-18-9-5-8-17(14-18)23-20(26)15-30-22(28)11-10-21(27)25-13-12-19(24-25)16-6-3-2-4-7-16/h2-9,14H,10-13,15H2,1H3,(H,23,26). The Balaban J connectivity index is 1.39. The van der Waals surface area contributed by atoms with Crippen LogP contribution in [0.4, 0.5) is 5.69 Å². The van der Waals surface area contributed by atoms with Gasteiger partial charge in [0, 0.05) is 24.6 Å². The van der Waals surface area contributed by atoms with Crippen LogP contribution in [-0.2, 0) is 19.1 Å². The predicted octanol–water partition coefficient (Wildman–Crippen LogP) is 2.59. The quantitative estimate of drug-likeness (QED) is 0.676. The summed E-state index contributed by atoms with van der Waals surface area (Å²) < 4.78 is 10.0. The van der Waals surface area contributed by atoms with E-state index in [1.165, 1.54) is 12.1 Å². The smallest absolute Gasteiger partial charge is 0.306 e. The topological polar surface area (TPSA) is 97.3 Å². The molecule has 3 rings (SSSR count). The average molecular weight is 409 g/mol. The number of hydrogen-bond acceptors (Lipinski definition) is 6. The molecular formula is C22H23N3O5. The largest absolute Gasteiger partial charge is 0.497 e. The molecule has 30 heavy (non-hydrogen) atoms. The highest BCUT2D eigenvalue weighted by Crippen LogP contribution is 2.17. The van der Waals surface area contributed by atoms with E-state index in [4.69, 9.17) is 9.47 Å². The minimum atomic E-state index is -0.615. The lowest BCUT2D eigenvalue weighted by Gasteiger charge is -2.11. The highest BCUT2D eigenvalue weighted by Gasteiger charge is 2.22. The van der Waals surface area contributed by atoms with Gasteiger partial charge in [-0.2, -0.15) is 5.10 Å². The number of hydrazone groups is 1. The first-order chi connectivity index (χ1) is 14.5. The number of methoxy groups -OCH3 is 1. The second-order valence-electron chi connectivity index (χ2n) is 6.62. The lowest BCUT2D eigenvalue weighted by Crippen LogP contribution is -2.25. The van der Waals surface area contributed by atoms with E-state index in [9.17, 15) is 14.4 Å². The Kier molecular flexibility index (Phi) is 7.15. The number of anilines is 1. The molecule has 0 unspecified atom stereocenters. The molecule has 0 saturated carbocycles. The number of nitrogens with one attached hydrogen (secondary N) is 1. The van der Waals surface area contributed by atoms with Crippen molar-refractivity contribution in [3.05, 3.63) is 60.2 Å². The highest BCUT2D eigenvalue weighted by molar-refractivity contribution is 6.02. The van der Waals surface area contributed by atoms with Crippen LogP contribution in [0.15, 0.2) is 59.7 Å². The van der Waals surface area contributed by atoms with Crippen LogP contribution in [0, 0.1) is 0 Å². The van der Waals surface area contributed by atoms with Gasteiger partial charge in [0.15, 0.2) is 6.61 Å². The molecule has 1 heterocycles. The van der Waals surface area contributed by atoms with Crippen molar-refractivity contribution in [1.29, 1.82) is 0 Å². The van der Waals surface area contributed by atoms with Gasteiger partial charge in [-0.15, -0.1) is 0 Å². The van der Waals surface area contributed by atoms with Crippen molar-refractivity contribution in [3.8, 4) is 5.75 Å². The maximum atomic E-state index is 12.3. The van der Waals surface area contributed by atoms with Gasteiger partial charge in [0.2, 0.25) is 5.91 Å². The van der Waals surface area contributed by atoms with Gasteiger partial charge in [-0.1, -0.05) is 36.4 Å². The fraction of sp³-hybridized carbons (Fsp3) is 0.273. The molecule has 1 aliphatic rings. The maximum absolute atomic E-state index is 12.3. The van der Waals surface area contributed by atoms with Gasteiger partial charge in [0.05, 0.1) is 25.8 Å². The number of hydrogen-bond donors (Lipinski definition) is 1. The summed E-state index contributed by atoms with van der Waals surface area (Å²) in [7, 11) is 1.53. The van der Waals surface area contributed by atoms with E-state index >= 15 is 0 Å². The molecule has 0 saturated heterocycles. The molecule has 0 spiro atoms. The molecule has 0 aromatic heterocycles. The van der Waals surface area contributed by atoms with Gasteiger partial charge in [0.1, 0.15) is 5.75 Å². The van der Waals surface area contributed by atoms with Crippen LogP contribution in [0.5, 0.6) is 5.75 Å². The normalized spacial score (nSPS) is 12.8. The Morgan fingerprint density at radius 2 is 1.87 bits per heavy atom. The SMILES string of the molecule is COc1cccc(NC(=O)COC(=O)CCC(=O)N2CCC(c3ccccc3)=N2)c1. The van der Waals surface area contributed by atoms with Gasteiger partial charge in [0.25, 0.3) is 5.91 Å².